The van der Waals surface area contributed by atoms with Gasteiger partial charge in [-0.3, -0.25) is 0 Å². The third kappa shape index (κ3) is 3.78. The number of benzene rings is 2. The monoisotopic (exact) mass is 312 g/mol. The fraction of sp³-hybridized carbons (Fsp3) is 0. The summed E-state index contributed by atoms with van der Waals surface area (Å²) < 4.78 is 3.23. The minimum atomic E-state index is 0.667. The molecule has 0 spiro atoms. The van der Waals surface area contributed by atoms with Crippen molar-refractivity contribution in [3.63, 3.8) is 0 Å². The third-order valence-corrected chi connectivity index (χ3v) is 3.91. The van der Waals surface area contributed by atoms with Gasteiger partial charge in [0.2, 0.25) is 0 Å². The van der Waals surface area contributed by atoms with Crippen molar-refractivity contribution < 1.29 is 0 Å². The van der Waals surface area contributed by atoms with Gasteiger partial charge in [-0.1, -0.05) is 60.1 Å². The van der Waals surface area contributed by atoms with Crippen molar-refractivity contribution in [2.24, 2.45) is 0 Å². The molecule has 0 saturated carbocycles. The van der Waals surface area contributed by atoms with Gasteiger partial charge < -0.3 is 4.72 Å². The first-order chi connectivity index (χ1) is 10.3. The molecule has 1 N–H and O–H groups in total. The number of aromatic nitrogens is 1. The number of nitrogens with zero attached hydrogens (tertiary/aromatic N) is 1. The average molecular weight is 313 g/mol. The lowest BCUT2D eigenvalue weighted by atomic mass is 10.1. The van der Waals surface area contributed by atoms with E-state index in [-0.39, 0.29) is 0 Å². The van der Waals surface area contributed by atoms with Crippen LogP contribution < -0.4 is 4.72 Å². The van der Waals surface area contributed by atoms with Gasteiger partial charge in [0.1, 0.15) is 5.82 Å². The molecule has 0 fully saturated rings. The Hall–Kier alpha value is -1.97. The second-order valence-electron chi connectivity index (χ2n) is 4.44. The van der Waals surface area contributed by atoms with E-state index >= 15 is 0 Å². The summed E-state index contributed by atoms with van der Waals surface area (Å²) in [6.07, 6.45) is 0. The zero-order valence-corrected chi connectivity index (χ0v) is 12.7. The molecular formula is C17H13ClN2S. The summed E-state index contributed by atoms with van der Waals surface area (Å²) >= 11 is 7.71. The van der Waals surface area contributed by atoms with Crippen LogP contribution in [0.4, 0.5) is 5.82 Å². The van der Waals surface area contributed by atoms with E-state index in [1.807, 2.05) is 72.8 Å². The SMILES string of the molecule is Clc1cc(NSc2ccccc2)nc(-c2ccccc2)c1. The highest BCUT2D eigenvalue weighted by Gasteiger charge is 2.04. The van der Waals surface area contributed by atoms with Crippen LogP contribution >= 0.6 is 23.5 Å². The minimum Gasteiger partial charge on any atom is -0.310 e. The summed E-state index contributed by atoms with van der Waals surface area (Å²) in [6, 6.07) is 23.8. The molecule has 2 aromatic carbocycles. The van der Waals surface area contributed by atoms with Crippen LogP contribution in [0.25, 0.3) is 11.3 Å². The maximum Gasteiger partial charge on any atom is 0.138 e. The molecule has 21 heavy (non-hydrogen) atoms. The number of anilines is 1. The Morgan fingerprint density at radius 2 is 1.52 bits per heavy atom. The zero-order chi connectivity index (χ0) is 14.5. The Bertz CT molecular complexity index is 717. The lowest BCUT2D eigenvalue weighted by molar-refractivity contribution is 1.33. The molecule has 0 aliphatic carbocycles. The molecule has 0 amide bonds. The van der Waals surface area contributed by atoms with E-state index < -0.39 is 0 Å². The van der Waals surface area contributed by atoms with E-state index in [1.165, 1.54) is 11.9 Å². The summed E-state index contributed by atoms with van der Waals surface area (Å²) in [6.45, 7) is 0. The first kappa shape index (κ1) is 14.0. The first-order valence-corrected chi connectivity index (χ1v) is 7.71. The van der Waals surface area contributed by atoms with Crippen molar-refractivity contribution in [2.45, 2.75) is 4.90 Å². The Labute approximate surface area is 133 Å². The number of halogens is 1. The molecule has 1 heterocycles. The zero-order valence-electron chi connectivity index (χ0n) is 11.2. The van der Waals surface area contributed by atoms with Crippen LogP contribution in [0.1, 0.15) is 0 Å². The summed E-state index contributed by atoms with van der Waals surface area (Å²) in [5, 5.41) is 0.667. The maximum atomic E-state index is 6.19. The van der Waals surface area contributed by atoms with Gasteiger partial charge in [-0.25, -0.2) is 4.98 Å². The summed E-state index contributed by atoms with van der Waals surface area (Å²) in [4.78, 5) is 5.73. The second-order valence-corrected chi connectivity index (χ2v) is 5.76. The molecule has 0 bridgehead atoms. The van der Waals surface area contributed by atoms with E-state index in [2.05, 4.69) is 9.71 Å². The van der Waals surface area contributed by atoms with Gasteiger partial charge in [0.25, 0.3) is 0 Å². The fourth-order valence-electron chi connectivity index (χ4n) is 1.91. The summed E-state index contributed by atoms with van der Waals surface area (Å²) in [5.74, 6) is 0.746. The van der Waals surface area contributed by atoms with Crippen molar-refractivity contribution >= 4 is 29.4 Å². The van der Waals surface area contributed by atoms with E-state index in [4.69, 9.17) is 11.6 Å². The van der Waals surface area contributed by atoms with Gasteiger partial charge in [-0.2, -0.15) is 0 Å². The van der Waals surface area contributed by atoms with Gasteiger partial charge >= 0.3 is 0 Å². The van der Waals surface area contributed by atoms with Crippen LogP contribution in [-0.4, -0.2) is 4.98 Å². The molecule has 3 rings (SSSR count). The predicted octanol–water partition coefficient (Wildman–Crippen LogP) is 5.52. The lowest BCUT2D eigenvalue weighted by Gasteiger charge is -2.08. The molecule has 0 aliphatic rings. The van der Waals surface area contributed by atoms with E-state index in [1.54, 1.807) is 0 Å². The Kier molecular flexibility index (Phi) is 4.43. The van der Waals surface area contributed by atoms with Gasteiger partial charge in [-0.15, -0.1) is 0 Å². The Morgan fingerprint density at radius 3 is 2.24 bits per heavy atom. The van der Waals surface area contributed by atoms with E-state index in [0.29, 0.717) is 5.02 Å². The standard InChI is InChI=1S/C17H13ClN2S/c18-14-11-16(13-7-3-1-4-8-13)19-17(12-14)20-21-15-9-5-2-6-10-15/h1-12H,(H,19,20). The normalized spacial score (nSPS) is 10.3. The fourth-order valence-corrected chi connectivity index (χ4v) is 2.73. The smallest absolute Gasteiger partial charge is 0.138 e. The van der Waals surface area contributed by atoms with Crippen LogP contribution in [-0.2, 0) is 0 Å². The summed E-state index contributed by atoms with van der Waals surface area (Å²) in [5.41, 5.74) is 1.91. The highest BCUT2D eigenvalue weighted by Crippen LogP contribution is 2.26. The van der Waals surface area contributed by atoms with Crippen LogP contribution in [0.15, 0.2) is 77.7 Å². The van der Waals surface area contributed by atoms with E-state index in [9.17, 15) is 0 Å². The van der Waals surface area contributed by atoms with Crippen LogP contribution in [0.2, 0.25) is 5.02 Å². The van der Waals surface area contributed by atoms with Gasteiger partial charge in [0.05, 0.1) is 5.69 Å². The first-order valence-electron chi connectivity index (χ1n) is 6.52. The quantitative estimate of drug-likeness (QED) is 0.642. The number of hydrogen-bond donors (Lipinski definition) is 1. The lowest BCUT2D eigenvalue weighted by Crippen LogP contribution is -1.93. The number of pyridine rings is 1. The number of rotatable bonds is 4. The minimum absolute atomic E-state index is 0.667. The average Bonchev–Trinajstić information content (AvgIpc) is 2.54. The Balaban J connectivity index is 1.82. The molecule has 2 nitrogen and oxygen atoms in total. The van der Waals surface area contributed by atoms with Gasteiger partial charge in [0.15, 0.2) is 0 Å². The highest BCUT2D eigenvalue weighted by atomic mass is 35.5. The summed E-state index contributed by atoms with van der Waals surface area (Å²) in [7, 11) is 0. The molecule has 4 heteroatoms. The predicted molar refractivity (Wildman–Crippen MR) is 90.6 cm³/mol. The second kappa shape index (κ2) is 6.66. The van der Waals surface area contributed by atoms with Crippen molar-refractivity contribution in [2.75, 3.05) is 4.72 Å². The highest BCUT2D eigenvalue weighted by molar-refractivity contribution is 8.00. The topological polar surface area (TPSA) is 24.9 Å². The van der Waals surface area contributed by atoms with Crippen LogP contribution in [0, 0.1) is 0 Å². The molecular weight excluding hydrogens is 300 g/mol. The van der Waals surface area contributed by atoms with Gasteiger partial charge in [-0.05, 0) is 30.1 Å². The molecule has 1 aromatic heterocycles. The molecule has 0 radical (unpaired) electrons. The Morgan fingerprint density at radius 1 is 0.857 bits per heavy atom. The number of nitrogens with one attached hydrogen (secondary N) is 1. The number of hydrogen-bond acceptors (Lipinski definition) is 3. The maximum absolute atomic E-state index is 6.19. The molecule has 0 saturated heterocycles. The molecule has 0 atom stereocenters. The van der Waals surface area contributed by atoms with Crippen LogP contribution in [0.3, 0.4) is 0 Å². The molecule has 0 unspecified atom stereocenters. The molecule has 0 aliphatic heterocycles. The van der Waals surface area contributed by atoms with Crippen molar-refractivity contribution in [3.05, 3.63) is 77.8 Å². The van der Waals surface area contributed by atoms with Crippen LogP contribution in [0.5, 0.6) is 0 Å². The largest absolute Gasteiger partial charge is 0.310 e. The van der Waals surface area contributed by atoms with Gasteiger partial charge in [0, 0.05) is 21.5 Å². The molecule has 104 valence electrons. The molecule has 3 aromatic rings. The van der Waals surface area contributed by atoms with Crippen molar-refractivity contribution in [1.82, 2.24) is 4.98 Å². The third-order valence-electron chi connectivity index (χ3n) is 2.88. The van der Waals surface area contributed by atoms with E-state index in [0.717, 1.165) is 22.0 Å². The van der Waals surface area contributed by atoms with Crippen molar-refractivity contribution in [1.29, 1.82) is 0 Å². The van der Waals surface area contributed by atoms with Crippen molar-refractivity contribution in [3.8, 4) is 11.3 Å².